The van der Waals surface area contributed by atoms with E-state index in [1.165, 1.54) is 25.0 Å². The van der Waals surface area contributed by atoms with Crippen LogP contribution in [-0.2, 0) is 5.41 Å². The van der Waals surface area contributed by atoms with E-state index >= 15 is 0 Å². The van der Waals surface area contributed by atoms with Crippen LogP contribution in [0.15, 0.2) is 24.4 Å². The summed E-state index contributed by atoms with van der Waals surface area (Å²) in [6.45, 7) is 7.33. The Morgan fingerprint density at radius 1 is 1.25 bits per heavy atom. The van der Waals surface area contributed by atoms with Crippen molar-refractivity contribution in [3.8, 4) is 0 Å². The van der Waals surface area contributed by atoms with Crippen LogP contribution in [0.4, 0.5) is 0 Å². The maximum atomic E-state index is 4.61. The highest BCUT2D eigenvalue weighted by Crippen LogP contribution is 2.65. The summed E-state index contributed by atoms with van der Waals surface area (Å²) < 4.78 is 0. The molecule has 3 saturated carbocycles. The van der Waals surface area contributed by atoms with Gasteiger partial charge in [0, 0.05) is 17.3 Å². The topological polar surface area (TPSA) is 12.9 Å². The first-order valence-corrected chi connectivity index (χ1v) is 6.46. The first kappa shape index (κ1) is 10.3. The van der Waals surface area contributed by atoms with Crippen molar-refractivity contribution in [2.75, 3.05) is 0 Å². The summed E-state index contributed by atoms with van der Waals surface area (Å²) in [6, 6.07) is 6.37. The zero-order valence-corrected chi connectivity index (χ0v) is 10.5. The summed E-state index contributed by atoms with van der Waals surface area (Å²) in [5.41, 5.74) is 2.16. The first-order chi connectivity index (χ1) is 7.55. The zero-order chi connectivity index (χ0) is 11.4. The monoisotopic (exact) mass is 215 g/mol. The Kier molecular flexibility index (Phi) is 1.99. The van der Waals surface area contributed by atoms with Gasteiger partial charge in [-0.25, -0.2) is 0 Å². The fourth-order valence-corrected chi connectivity index (χ4v) is 4.24. The molecule has 1 heteroatoms. The molecule has 16 heavy (non-hydrogen) atoms. The summed E-state index contributed by atoms with van der Waals surface area (Å²) in [5, 5.41) is 0. The Morgan fingerprint density at radius 2 is 2.06 bits per heavy atom. The van der Waals surface area contributed by atoms with Crippen molar-refractivity contribution in [1.29, 1.82) is 0 Å². The van der Waals surface area contributed by atoms with Gasteiger partial charge in [-0.1, -0.05) is 26.8 Å². The van der Waals surface area contributed by atoms with E-state index in [2.05, 4.69) is 37.9 Å². The molecule has 0 saturated heterocycles. The minimum atomic E-state index is 0.319. The molecule has 0 amide bonds. The molecule has 0 spiro atoms. The second-order valence-corrected chi connectivity index (χ2v) is 6.48. The van der Waals surface area contributed by atoms with Gasteiger partial charge in [0.05, 0.1) is 0 Å². The SMILES string of the molecule is CC1(c2ccccn2)CCC2CC1C2(C)C. The molecule has 0 aliphatic heterocycles. The van der Waals surface area contributed by atoms with Gasteiger partial charge in [-0.05, 0) is 48.6 Å². The van der Waals surface area contributed by atoms with E-state index in [0.717, 1.165) is 11.8 Å². The number of aromatic nitrogens is 1. The summed E-state index contributed by atoms with van der Waals surface area (Å²) >= 11 is 0. The van der Waals surface area contributed by atoms with Crippen molar-refractivity contribution in [1.82, 2.24) is 4.98 Å². The first-order valence-electron chi connectivity index (χ1n) is 6.46. The van der Waals surface area contributed by atoms with Crippen LogP contribution in [0.3, 0.4) is 0 Å². The molecule has 2 bridgehead atoms. The number of fused-ring (bicyclic) bond motifs is 2. The third-order valence-corrected chi connectivity index (χ3v) is 5.50. The Labute approximate surface area is 98.3 Å². The molecule has 1 aromatic rings. The molecule has 1 aromatic heterocycles. The molecule has 4 rings (SSSR count). The van der Waals surface area contributed by atoms with Crippen molar-refractivity contribution >= 4 is 0 Å². The molecule has 86 valence electrons. The molecule has 3 aliphatic carbocycles. The number of pyridine rings is 1. The fraction of sp³-hybridized carbons (Fsp3) is 0.667. The molecule has 3 unspecified atom stereocenters. The second-order valence-electron chi connectivity index (χ2n) is 6.48. The van der Waals surface area contributed by atoms with E-state index in [-0.39, 0.29) is 0 Å². The Hall–Kier alpha value is -0.850. The maximum absolute atomic E-state index is 4.61. The molecular formula is C15H21N. The molecule has 0 aromatic carbocycles. The zero-order valence-electron chi connectivity index (χ0n) is 10.5. The molecule has 0 radical (unpaired) electrons. The van der Waals surface area contributed by atoms with Gasteiger partial charge < -0.3 is 0 Å². The number of rotatable bonds is 1. The van der Waals surface area contributed by atoms with Crippen molar-refractivity contribution in [2.45, 2.75) is 45.4 Å². The molecule has 0 N–H and O–H groups in total. The van der Waals surface area contributed by atoms with Crippen LogP contribution >= 0.6 is 0 Å². The van der Waals surface area contributed by atoms with Crippen LogP contribution in [0.5, 0.6) is 0 Å². The predicted molar refractivity (Wildman–Crippen MR) is 66.2 cm³/mol. The van der Waals surface area contributed by atoms with Gasteiger partial charge in [0.2, 0.25) is 0 Å². The van der Waals surface area contributed by atoms with Gasteiger partial charge in [0.15, 0.2) is 0 Å². The molecule has 1 heterocycles. The minimum Gasteiger partial charge on any atom is -0.261 e. The number of hydrogen-bond acceptors (Lipinski definition) is 1. The summed E-state index contributed by atoms with van der Waals surface area (Å²) in [6.07, 6.45) is 6.07. The van der Waals surface area contributed by atoms with Crippen LogP contribution in [0.25, 0.3) is 0 Å². The Bertz CT molecular complexity index is 393. The lowest BCUT2D eigenvalue weighted by Crippen LogP contribution is -2.58. The lowest BCUT2D eigenvalue weighted by Gasteiger charge is -2.64. The van der Waals surface area contributed by atoms with Gasteiger partial charge in [-0.15, -0.1) is 0 Å². The van der Waals surface area contributed by atoms with Crippen molar-refractivity contribution in [3.63, 3.8) is 0 Å². The maximum Gasteiger partial charge on any atom is 0.0465 e. The smallest absolute Gasteiger partial charge is 0.0465 e. The Morgan fingerprint density at radius 3 is 2.62 bits per heavy atom. The quantitative estimate of drug-likeness (QED) is 0.694. The largest absolute Gasteiger partial charge is 0.261 e. The van der Waals surface area contributed by atoms with E-state index < -0.39 is 0 Å². The van der Waals surface area contributed by atoms with Crippen LogP contribution in [0.2, 0.25) is 0 Å². The van der Waals surface area contributed by atoms with Crippen LogP contribution in [0.1, 0.15) is 45.7 Å². The normalized spacial score (nSPS) is 40.2. The van der Waals surface area contributed by atoms with Crippen LogP contribution < -0.4 is 0 Å². The van der Waals surface area contributed by atoms with Gasteiger partial charge in [0.25, 0.3) is 0 Å². The van der Waals surface area contributed by atoms with Crippen LogP contribution in [0, 0.1) is 17.3 Å². The van der Waals surface area contributed by atoms with E-state index in [1.807, 2.05) is 12.3 Å². The standard InChI is InChI=1S/C15H21N/c1-14(2)11-7-8-15(3,12(14)10-11)13-6-4-5-9-16-13/h4-6,9,11-12H,7-8,10H2,1-3H3. The van der Waals surface area contributed by atoms with E-state index in [0.29, 0.717) is 10.8 Å². The lowest BCUT2D eigenvalue weighted by molar-refractivity contribution is -0.117. The Balaban J connectivity index is 2.00. The third-order valence-electron chi connectivity index (χ3n) is 5.50. The summed E-state index contributed by atoms with van der Waals surface area (Å²) in [5.74, 6) is 1.79. The minimum absolute atomic E-state index is 0.319. The van der Waals surface area contributed by atoms with Gasteiger partial charge >= 0.3 is 0 Å². The highest BCUT2D eigenvalue weighted by molar-refractivity contribution is 5.24. The fourth-order valence-electron chi connectivity index (χ4n) is 4.24. The average molecular weight is 215 g/mol. The number of nitrogens with zero attached hydrogens (tertiary/aromatic N) is 1. The molecule has 1 nitrogen and oxygen atoms in total. The van der Waals surface area contributed by atoms with Crippen molar-refractivity contribution in [3.05, 3.63) is 30.1 Å². The summed E-state index contributed by atoms with van der Waals surface area (Å²) in [7, 11) is 0. The lowest BCUT2D eigenvalue weighted by atomic mass is 9.40. The van der Waals surface area contributed by atoms with Gasteiger partial charge in [-0.3, -0.25) is 4.98 Å². The van der Waals surface area contributed by atoms with Gasteiger partial charge in [0.1, 0.15) is 0 Å². The number of hydrogen-bond donors (Lipinski definition) is 0. The van der Waals surface area contributed by atoms with E-state index in [4.69, 9.17) is 0 Å². The molecular weight excluding hydrogens is 194 g/mol. The molecule has 3 aliphatic rings. The molecule has 3 fully saturated rings. The predicted octanol–water partition coefficient (Wildman–Crippen LogP) is 3.80. The highest BCUT2D eigenvalue weighted by atomic mass is 14.7. The second kappa shape index (κ2) is 3.09. The van der Waals surface area contributed by atoms with Crippen molar-refractivity contribution in [2.24, 2.45) is 17.3 Å². The molecule has 3 atom stereocenters. The highest BCUT2D eigenvalue weighted by Gasteiger charge is 2.59. The summed E-state index contributed by atoms with van der Waals surface area (Å²) in [4.78, 5) is 4.61. The van der Waals surface area contributed by atoms with Crippen LogP contribution in [-0.4, -0.2) is 4.98 Å². The van der Waals surface area contributed by atoms with Crippen molar-refractivity contribution < 1.29 is 0 Å². The van der Waals surface area contributed by atoms with E-state index in [1.54, 1.807) is 0 Å². The average Bonchev–Trinajstić information content (AvgIpc) is 2.30. The van der Waals surface area contributed by atoms with E-state index in [9.17, 15) is 0 Å². The third kappa shape index (κ3) is 1.15. The van der Waals surface area contributed by atoms with Gasteiger partial charge in [-0.2, -0.15) is 0 Å².